The fourth-order valence-electron chi connectivity index (χ4n) is 4.20. The maximum atomic E-state index is 12.6. The van der Waals surface area contributed by atoms with Gasteiger partial charge in [0.05, 0.1) is 30.6 Å². The molecule has 2 aromatic rings. The number of aliphatic hydroxyl groups excluding tert-OH is 1. The van der Waals surface area contributed by atoms with Gasteiger partial charge < -0.3 is 23.6 Å². The van der Waals surface area contributed by atoms with Crippen LogP contribution in [0, 0.1) is 17.2 Å². The minimum absolute atomic E-state index is 0.00839. The van der Waals surface area contributed by atoms with Gasteiger partial charge in [-0.1, -0.05) is 13.8 Å². The second-order valence-electron chi connectivity index (χ2n) is 9.93. The Bertz CT molecular complexity index is 1210. The van der Waals surface area contributed by atoms with E-state index in [9.17, 15) is 14.7 Å². The Balaban J connectivity index is 1.84. The smallest absolute Gasteiger partial charge is 0.279 e. The second-order valence-corrected chi connectivity index (χ2v) is 12.2. The number of aromatic nitrogens is 3. The third-order valence-corrected chi connectivity index (χ3v) is 8.98. The molecule has 13 nitrogen and oxygen atoms in total. The number of nitrogens with one attached hydrogen (secondary N) is 2. The molecule has 0 aliphatic carbocycles. The van der Waals surface area contributed by atoms with E-state index in [0.29, 0.717) is 4.88 Å². The van der Waals surface area contributed by atoms with Crippen LogP contribution in [-0.4, -0.2) is 80.7 Å². The fraction of sp³-hybridized carbons (Fsp3) is 0.708. The summed E-state index contributed by atoms with van der Waals surface area (Å²) < 4.78 is 30.3. The van der Waals surface area contributed by atoms with E-state index in [0.717, 1.165) is 11.5 Å². The van der Waals surface area contributed by atoms with Crippen LogP contribution >= 0.6 is 20.1 Å². The van der Waals surface area contributed by atoms with Gasteiger partial charge in [0.2, 0.25) is 11.9 Å². The normalized spacial score (nSPS) is 22.3. The van der Waals surface area contributed by atoms with Gasteiger partial charge in [-0.25, -0.2) is 9.65 Å². The molecule has 2 aromatic heterocycles. The van der Waals surface area contributed by atoms with Crippen molar-refractivity contribution in [3.05, 3.63) is 15.2 Å². The van der Waals surface area contributed by atoms with Crippen molar-refractivity contribution in [3.8, 4) is 6.07 Å². The summed E-state index contributed by atoms with van der Waals surface area (Å²) in [7, 11) is -0.0492. The summed E-state index contributed by atoms with van der Waals surface area (Å²) in [5.41, 5.74) is -0.197. The molecule has 1 amide bonds. The lowest BCUT2D eigenvalue weighted by Crippen LogP contribution is -2.37. The lowest BCUT2D eigenvalue weighted by molar-refractivity contribution is -0.118. The number of H-pyrrole nitrogens is 1. The van der Waals surface area contributed by atoms with E-state index >= 15 is 0 Å². The molecule has 0 spiro atoms. The van der Waals surface area contributed by atoms with Gasteiger partial charge >= 0.3 is 0 Å². The summed E-state index contributed by atoms with van der Waals surface area (Å²) in [6.45, 7) is 11.9. The van der Waals surface area contributed by atoms with Crippen molar-refractivity contribution in [2.45, 2.75) is 84.5 Å². The molecule has 0 bridgehead atoms. The van der Waals surface area contributed by atoms with Gasteiger partial charge in [-0.2, -0.15) is 9.64 Å². The molecule has 0 saturated carbocycles. The molecule has 1 aliphatic rings. The summed E-state index contributed by atoms with van der Waals surface area (Å²) in [5.74, 6) is -0.627. The van der Waals surface area contributed by atoms with Gasteiger partial charge in [0.15, 0.2) is 5.52 Å². The average molecular weight is 585 g/mol. The molecule has 0 radical (unpaired) electrons. The van der Waals surface area contributed by atoms with E-state index in [1.165, 1.54) is 7.11 Å². The fourth-order valence-corrected chi connectivity index (χ4v) is 6.70. The largest absolute Gasteiger partial charge is 0.387 e. The van der Waals surface area contributed by atoms with Gasteiger partial charge in [0.25, 0.3) is 14.1 Å². The van der Waals surface area contributed by atoms with Crippen LogP contribution in [0.2, 0.25) is 0 Å². The quantitative estimate of drug-likeness (QED) is 0.233. The minimum atomic E-state index is -1.52. The number of anilines is 1. The minimum Gasteiger partial charge on any atom is -0.387 e. The molecule has 15 heteroatoms. The number of hydrogen-bond acceptors (Lipinski definition) is 12. The number of fused-ring (bicyclic) bond motifs is 1. The molecule has 1 saturated heterocycles. The molecule has 3 N–H and O–H groups in total. The Morgan fingerprint density at radius 1 is 1.26 bits per heavy atom. The first-order chi connectivity index (χ1) is 18.5. The summed E-state index contributed by atoms with van der Waals surface area (Å²) in [6.07, 6.45) is -3.16. The Morgan fingerprint density at radius 2 is 1.95 bits per heavy atom. The number of ether oxygens (including phenoxy) is 2. The number of hydrogen-bond donors (Lipinski definition) is 3. The van der Waals surface area contributed by atoms with Gasteiger partial charge in [0.1, 0.15) is 29.9 Å². The molecule has 1 unspecified atom stereocenters. The number of carbonyl (C=O) groups excluding carboxylic acids is 1. The van der Waals surface area contributed by atoms with E-state index in [1.54, 1.807) is 13.8 Å². The number of amides is 1. The first-order valence-electron chi connectivity index (χ1n) is 12.8. The predicted octanol–water partition coefficient (Wildman–Crippen LogP) is 3.08. The van der Waals surface area contributed by atoms with E-state index < -0.39 is 38.5 Å². The Kier molecular flexibility index (Phi) is 11.3. The van der Waals surface area contributed by atoms with Crippen molar-refractivity contribution in [1.82, 2.24) is 19.0 Å². The third kappa shape index (κ3) is 7.36. The van der Waals surface area contributed by atoms with Crippen molar-refractivity contribution in [2.75, 3.05) is 25.6 Å². The van der Waals surface area contributed by atoms with Crippen molar-refractivity contribution < 1.29 is 28.4 Å². The second kappa shape index (κ2) is 14.0. The molecular formula is C24H37N6O7PS. The number of methoxy groups -OCH3 is 1. The Hall–Kier alpha value is -2.08. The van der Waals surface area contributed by atoms with E-state index in [1.807, 2.05) is 27.7 Å². The van der Waals surface area contributed by atoms with Crippen LogP contribution in [0.25, 0.3) is 11.0 Å². The third-order valence-electron chi connectivity index (χ3n) is 6.01. The van der Waals surface area contributed by atoms with Crippen LogP contribution < -0.4 is 10.9 Å². The standard InChI is InChI=1S/C24H37N6O7PS/c1-12(2)22(32)27-24-26-16-17(23(33)28-24)29-39-21(16)20-18(31)19(34-7)15(37-20)11-36-38(35-10-8-9-25)30(13(3)4)14(5)6/h12-15,18-20,31H,8,10-11H2,1-7H3,(H2,26,27,28,32,33)/t15-,18-,19-,20-,38?/m1/s1. The van der Waals surface area contributed by atoms with Crippen LogP contribution in [0.1, 0.15) is 58.9 Å². The zero-order valence-corrected chi connectivity index (χ0v) is 24.9. The number of aliphatic hydroxyl groups is 1. The molecule has 3 rings (SSSR count). The van der Waals surface area contributed by atoms with E-state index in [-0.39, 0.29) is 60.5 Å². The highest BCUT2D eigenvalue weighted by Crippen LogP contribution is 2.47. The highest BCUT2D eigenvalue weighted by Gasteiger charge is 2.47. The zero-order valence-electron chi connectivity index (χ0n) is 23.2. The summed E-state index contributed by atoms with van der Waals surface area (Å²) in [4.78, 5) is 32.1. The van der Waals surface area contributed by atoms with Crippen LogP contribution in [0.3, 0.4) is 0 Å². The van der Waals surface area contributed by atoms with Crippen molar-refractivity contribution in [1.29, 1.82) is 5.26 Å². The molecule has 1 aliphatic heterocycles. The number of carbonyl (C=O) groups is 1. The average Bonchev–Trinajstić information content (AvgIpc) is 3.42. The predicted molar refractivity (Wildman–Crippen MR) is 147 cm³/mol. The highest BCUT2D eigenvalue weighted by molar-refractivity contribution is 7.44. The highest BCUT2D eigenvalue weighted by atomic mass is 32.1. The number of rotatable bonds is 13. The Labute approximate surface area is 232 Å². The van der Waals surface area contributed by atoms with Crippen LogP contribution in [0.5, 0.6) is 0 Å². The SMILES string of the molecule is CO[C@H]1[C@@H](O)[C@H](c2snc3c(=O)[nH]c(NC(=O)C(C)C)nc23)O[C@@H]1COP(OCCC#N)N(C(C)C)C(C)C. The number of nitrogens with zero attached hydrogens (tertiary/aromatic N) is 4. The number of aromatic amines is 1. The van der Waals surface area contributed by atoms with E-state index in [4.69, 9.17) is 23.8 Å². The van der Waals surface area contributed by atoms with Crippen molar-refractivity contribution >= 4 is 42.9 Å². The van der Waals surface area contributed by atoms with Crippen LogP contribution in [-0.2, 0) is 23.3 Å². The lowest BCUT2D eigenvalue weighted by atomic mass is 10.1. The molecule has 5 atom stereocenters. The van der Waals surface area contributed by atoms with Gasteiger partial charge in [0, 0.05) is 25.1 Å². The van der Waals surface area contributed by atoms with Gasteiger partial charge in [-0.05, 0) is 39.2 Å². The first-order valence-corrected chi connectivity index (χ1v) is 14.7. The maximum Gasteiger partial charge on any atom is 0.279 e. The molecule has 0 aromatic carbocycles. The molecule has 39 heavy (non-hydrogen) atoms. The van der Waals surface area contributed by atoms with Crippen molar-refractivity contribution in [2.24, 2.45) is 5.92 Å². The van der Waals surface area contributed by atoms with Crippen LogP contribution in [0.4, 0.5) is 5.95 Å². The molecule has 3 heterocycles. The van der Waals surface area contributed by atoms with E-state index in [2.05, 4.69) is 30.4 Å². The molecular weight excluding hydrogens is 547 g/mol. The monoisotopic (exact) mass is 584 g/mol. The lowest BCUT2D eigenvalue weighted by Gasteiger charge is -2.36. The summed E-state index contributed by atoms with van der Waals surface area (Å²) >= 11 is 0.991. The zero-order chi connectivity index (χ0) is 28.9. The van der Waals surface area contributed by atoms with Gasteiger partial charge in [-0.3, -0.25) is 19.9 Å². The first kappa shape index (κ1) is 31.4. The molecule has 1 fully saturated rings. The van der Waals surface area contributed by atoms with Gasteiger partial charge in [-0.15, -0.1) is 0 Å². The number of nitriles is 1. The maximum absolute atomic E-state index is 12.6. The summed E-state index contributed by atoms with van der Waals surface area (Å²) in [5, 5.41) is 22.7. The molecule has 216 valence electrons. The van der Waals surface area contributed by atoms with Crippen molar-refractivity contribution in [3.63, 3.8) is 0 Å². The van der Waals surface area contributed by atoms with Crippen LogP contribution in [0.15, 0.2) is 4.79 Å². The summed E-state index contributed by atoms with van der Waals surface area (Å²) in [6, 6.07) is 2.32. The topological polar surface area (TPSA) is 172 Å². The Morgan fingerprint density at radius 3 is 2.54 bits per heavy atom.